The normalized spacial score (nSPS) is 17.3. The molecular weight excluding hydrogens is 347 g/mol. The molecule has 0 bridgehead atoms. The van der Waals surface area contributed by atoms with E-state index in [0.717, 1.165) is 51.5 Å². The van der Waals surface area contributed by atoms with E-state index in [1.54, 1.807) is 12.1 Å². The molecule has 2 N–H and O–H groups in total. The number of guanidine groups is 1. The van der Waals surface area contributed by atoms with Gasteiger partial charge >= 0.3 is 0 Å². The molecule has 0 saturated carbocycles. The lowest BCUT2D eigenvalue weighted by Gasteiger charge is -2.33. The highest BCUT2D eigenvalue weighted by molar-refractivity contribution is 7.99. The fraction of sp³-hybridized carbons (Fsp3) is 0.650. The summed E-state index contributed by atoms with van der Waals surface area (Å²) in [6, 6.07) is 7.29. The van der Waals surface area contributed by atoms with Gasteiger partial charge in [-0.3, -0.25) is 9.89 Å². The van der Waals surface area contributed by atoms with Crippen molar-refractivity contribution >= 4 is 17.7 Å². The minimum atomic E-state index is -0.170. The summed E-state index contributed by atoms with van der Waals surface area (Å²) in [5, 5.41) is 6.96. The van der Waals surface area contributed by atoms with Gasteiger partial charge in [-0.25, -0.2) is 4.39 Å². The molecule has 1 aromatic rings. The van der Waals surface area contributed by atoms with Crippen molar-refractivity contribution < 1.29 is 4.39 Å². The van der Waals surface area contributed by atoms with Gasteiger partial charge in [-0.1, -0.05) is 12.1 Å². The summed E-state index contributed by atoms with van der Waals surface area (Å²) in [4.78, 5) is 7.21. The van der Waals surface area contributed by atoms with Crippen LogP contribution in [0.5, 0.6) is 0 Å². The highest BCUT2D eigenvalue weighted by Gasteiger charge is 2.21. The highest BCUT2D eigenvalue weighted by atomic mass is 32.2. The monoisotopic (exact) mass is 380 g/mol. The van der Waals surface area contributed by atoms with Crippen molar-refractivity contribution in [2.75, 3.05) is 32.4 Å². The maximum atomic E-state index is 13.0. The molecular formula is C20H33FN4S. The average molecular weight is 381 g/mol. The Bertz CT molecular complexity index is 566. The lowest BCUT2D eigenvalue weighted by Crippen LogP contribution is -2.48. The van der Waals surface area contributed by atoms with Crippen molar-refractivity contribution in [1.29, 1.82) is 0 Å². The van der Waals surface area contributed by atoms with Gasteiger partial charge < -0.3 is 10.6 Å². The van der Waals surface area contributed by atoms with Gasteiger partial charge in [0.1, 0.15) is 5.82 Å². The molecule has 146 valence electrons. The molecule has 0 unspecified atom stereocenters. The van der Waals surface area contributed by atoms with Gasteiger partial charge in [-0.05, 0) is 57.6 Å². The Morgan fingerprint density at radius 2 is 1.92 bits per heavy atom. The summed E-state index contributed by atoms with van der Waals surface area (Å²) in [6.07, 6.45) is 4.32. The maximum absolute atomic E-state index is 13.0. The largest absolute Gasteiger partial charge is 0.357 e. The van der Waals surface area contributed by atoms with Gasteiger partial charge in [0, 0.05) is 37.0 Å². The number of aliphatic imine (C=N–C) groups is 1. The zero-order valence-electron chi connectivity index (χ0n) is 16.5. The minimum absolute atomic E-state index is 0.154. The van der Waals surface area contributed by atoms with E-state index in [9.17, 15) is 4.39 Å². The second-order valence-corrected chi connectivity index (χ2v) is 8.99. The summed E-state index contributed by atoms with van der Waals surface area (Å²) in [6.45, 7) is 11.2. The van der Waals surface area contributed by atoms with Gasteiger partial charge in [0.2, 0.25) is 0 Å². The number of hydrogen-bond acceptors (Lipinski definition) is 3. The van der Waals surface area contributed by atoms with E-state index in [1.165, 1.54) is 5.56 Å². The zero-order chi connectivity index (χ0) is 19.0. The fourth-order valence-corrected chi connectivity index (χ4v) is 3.12. The third kappa shape index (κ3) is 7.16. The zero-order valence-corrected chi connectivity index (χ0v) is 17.3. The molecule has 1 aromatic carbocycles. The van der Waals surface area contributed by atoms with Crippen LogP contribution in [0.1, 0.15) is 39.2 Å². The first kappa shape index (κ1) is 21.0. The maximum Gasteiger partial charge on any atom is 0.191 e. The first-order valence-electron chi connectivity index (χ1n) is 9.48. The van der Waals surface area contributed by atoms with E-state index in [4.69, 9.17) is 4.99 Å². The number of benzene rings is 1. The molecule has 1 heterocycles. The molecule has 0 amide bonds. The summed E-state index contributed by atoms with van der Waals surface area (Å²) >= 11 is 1.84. The third-order valence-corrected chi connectivity index (χ3v) is 6.00. The van der Waals surface area contributed by atoms with E-state index >= 15 is 0 Å². The van der Waals surface area contributed by atoms with Crippen LogP contribution in [-0.2, 0) is 6.54 Å². The van der Waals surface area contributed by atoms with Gasteiger partial charge in [0.05, 0.1) is 6.54 Å². The molecule has 1 aliphatic rings. The number of hydrogen-bond donors (Lipinski definition) is 2. The first-order valence-corrected chi connectivity index (χ1v) is 10.7. The Morgan fingerprint density at radius 1 is 1.27 bits per heavy atom. The van der Waals surface area contributed by atoms with Crippen LogP contribution in [0, 0.1) is 5.82 Å². The number of piperidine rings is 1. The fourth-order valence-electron chi connectivity index (χ4n) is 2.93. The average Bonchev–Trinajstić information content (AvgIpc) is 2.63. The molecule has 6 heteroatoms. The van der Waals surface area contributed by atoms with Crippen molar-refractivity contribution in [2.45, 2.75) is 50.9 Å². The van der Waals surface area contributed by atoms with Crippen LogP contribution in [0.25, 0.3) is 0 Å². The number of likely N-dealkylation sites (tertiary alicyclic amines) is 1. The van der Waals surface area contributed by atoms with Crippen LogP contribution in [0.15, 0.2) is 29.3 Å². The molecule has 2 rings (SSSR count). The summed E-state index contributed by atoms with van der Waals surface area (Å²) < 4.78 is 13.2. The van der Waals surface area contributed by atoms with E-state index in [2.05, 4.69) is 42.6 Å². The van der Waals surface area contributed by atoms with Crippen molar-refractivity contribution in [2.24, 2.45) is 4.99 Å². The lowest BCUT2D eigenvalue weighted by molar-refractivity contribution is 0.198. The summed E-state index contributed by atoms with van der Waals surface area (Å²) in [5.74, 6) is 0.753. The molecule has 0 atom stereocenters. The lowest BCUT2D eigenvalue weighted by atomic mass is 10.0. The smallest absolute Gasteiger partial charge is 0.191 e. The number of halogens is 1. The Kier molecular flexibility index (Phi) is 8.22. The highest BCUT2D eigenvalue weighted by Crippen LogP contribution is 2.21. The van der Waals surface area contributed by atoms with Crippen molar-refractivity contribution in [3.8, 4) is 0 Å². The van der Waals surface area contributed by atoms with Crippen LogP contribution in [0.4, 0.5) is 4.39 Å². The van der Waals surface area contributed by atoms with Gasteiger partial charge in [0.15, 0.2) is 5.96 Å². The van der Waals surface area contributed by atoms with Gasteiger partial charge in [-0.2, -0.15) is 11.8 Å². The van der Waals surface area contributed by atoms with Gasteiger partial charge in [-0.15, -0.1) is 0 Å². The molecule has 1 saturated heterocycles. The first-order chi connectivity index (χ1) is 12.4. The Hall–Kier alpha value is -1.27. The van der Waals surface area contributed by atoms with Crippen LogP contribution >= 0.6 is 11.8 Å². The Balaban J connectivity index is 1.81. The Morgan fingerprint density at radius 3 is 2.50 bits per heavy atom. The molecule has 0 radical (unpaired) electrons. The van der Waals surface area contributed by atoms with Gasteiger partial charge in [0.25, 0.3) is 0 Å². The second-order valence-electron chi connectivity index (χ2n) is 7.48. The summed E-state index contributed by atoms with van der Waals surface area (Å²) in [7, 11) is 0. The van der Waals surface area contributed by atoms with Crippen LogP contribution in [0.3, 0.4) is 0 Å². The molecule has 0 aliphatic carbocycles. The molecule has 4 nitrogen and oxygen atoms in total. The quantitative estimate of drug-likeness (QED) is 0.561. The van der Waals surface area contributed by atoms with E-state index in [1.807, 2.05) is 23.9 Å². The number of nitrogens with one attached hydrogen (secondary N) is 2. The molecule has 1 fully saturated rings. The number of nitrogens with zero attached hydrogens (tertiary/aromatic N) is 2. The Labute approximate surface area is 162 Å². The third-order valence-electron chi connectivity index (χ3n) is 4.76. The molecule has 0 aromatic heterocycles. The molecule has 26 heavy (non-hydrogen) atoms. The molecule has 0 spiro atoms. The van der Waals surface area contributed by atoms with E-state index < -0.39 is 0 Å². The van der Waals surface area contributed by atoms with E-state index in [-0.39, 0.29) is 10.6 Å². The predicted molar refractivity (Wildman–Crippen MR) is 111 cm³/mol. The van der Waals surface area contributed by atoms with Crippen LogP contribution in [0.2, 0.25) is 0 Å². The topological polar surface area (TPSA) is 39.7 Å². The number of thioether (sulfide) groups is 1. The van der Waals surface area contributed by atoms with Crippen LogP contribution < -0.4 is 10.6 Å². The summed E-state index contributed by atoms with van der Waals surface area (Å²) in [5.41, 5.74) is 1.17. The predicted octanol–water partition coefficient (Wildman–Crippen LogP) is 3.49. The van der Waals surface area contributed by atoms with Crippen molar-refractivity contribution in [3.05, 3.63) is 35.6 Å². The minimum Gasteiger partial charge on any atom is -0.357 e. The molecule has 1 aliphatic heterocycles. The standard InChI is InChI=1S/C20H33FN4S/c1-5-22-19(23-15-20(2,3)26-4)24-18-10-12-25(13-11-18)14-16-6-8-17(21)9-7-16/h6-9,18H,5,10-15H2,1-4H3,(H2,22,23,24). The second kappa shape index (κ2) is 10.2. The number of rotatable bonds is 7. The van der Waals surface area contributed by atoms with Crippen molar-refractivity contribution in [1.82, 2.24) is 15.5 Å². The SMILES string of the molecule is CCNC(=NCC(C)(C)SC)NC1CCN(Cc2ccc(F)cc2)CC1. The van der Waals surface area contributed by atoms with Crippen molar-refractivity contribution in [3.63, 3.8) is 0 Å². The van der Waals surface area contributed by atoms with Crippen LogP contribution in [-0.4, -0.2) is 54.1 Å². The van der Waals surface area contributed by atoms with E-state index in [0.29, 0.717) is 6.04 Å².